The second-order valence-corrected chi connectivity index (χ2v) is 8.03. The molecule has 0 aromatic heterocycles. The SMILES string of the molecule is Cc1cc(C)cc(OCC(O)CNC2CCS(=O)(=O)C2)c1. The number of sulfone groups is 1. The largest absolute Gasteiger partial charge is 0.491 e. The fourth-order valence-corrected chi connectivity index (χ4v) is 4.23. The number of aliphatic hydroxyl groups excluding tert-OH is 1. The molecule has 118 valence electrons. The number of ether oxygens (including phenoxy) is 1. The zero-order valence-corrected chi connectivity index (χ0v) is 13.3. The average Bonchev–Trinajstić information content (AvgIpc) is 2.72. The summed E-state index contributed by atoms with van der Waals surface area (Å²) in [5, 5.41) is 13.0. The van der Waals surface area contributed by atoms with E-state index < -0.39 is 15.9 Å². The third kappa shape index (κ3) is 5.30. The molecule has 1 saturated heterocycles. The van der Waals surface area contributed by atoms with E-state index in [4.69, 9.17) is 4.74 Å². The van der Waals surface area contributed by atoms with Crippen LogP contribution in [0.5, 0.6) is 5.75 Å². The number of rotatable bonds is 6. The number of aryl methyl sites for hydroxylation is 2. The Balaban J connectivity index is 1.73. The van der Waals surface area contributed by atoms with Crippen LogP contribution in [0, 0.1) is 13.8 Å². The maximum atomic E-state index is 11.3. The van der Waals surface area contributed by atoms with E-state index in [9.17, 15) is 13.5 Å². The van der Waals surface area contributed by atoms with Gasteiger partial charge in [0.15, 0.2) is 9.84 Å². The van der Waals surface area contributed by atoms with Gasteiger partial charge < -0.3 is 15.2 Å². The minimum absolute atomic E-state index is 0.0501. The molecule has 21 heavy (non-hydrogen) atoms. The van der Waals surface area contributed by atoms with Crippen molar-refractivity contribution in [3.63, 3.8) is 0 Å². The molecule has 2 unspecified atom stereocenters. The van der Waals surface area contributed by atoms with E-state index in [1.165, 1.54) is 0 Å². The third-order valence-electron chi connectivity index (χ3n) is 3.51. The Kier molecular flexibility index (Phi) is 5.24. The smallest absolute Gasteiger partial charge is 0.151 e. The summed E-state index contributed by atoms with van der Waals surface area (Å²) in [4.78, 5) is 0. The monoisotopic (exact) mass is 313 g/mol. The van der Waals surface area contributed by atoms with Crippen molar-refractivity contribution >= 4 is 9.84 Å². The van der Waals surface area contributed by atoms with Gasteiger partial charge in [0.2, 0.25) is 0 Å². The Labute approximate surface area is 126 Å². The molecule has 1 fully saturated rings. The predicted octanol–water partition coefficient (Wildman–Crippen LogP) is 0.820. The van der Waals surface area contributed by atoms with Crippen LogP contribution in [0.15, 0.2) is 18.2 Å². The van der Waals surface area contributed by atoms with Gasteiger partial charge in [-0.2, -0.15) is 0 Å². The molecule has 1 aliphatic heterocycles. The van der Waals surface area contributed by atoms with E-state index >= 15 is 0 Å². The molecule has 5 nitrogen and oxygen atoms in total. The fourth-order valence-electron chi connectivity index (χ4n) is 2.53. The summed E-state index contributed by atoms with van der Waals surface area (Å²) in [6, 6.07) is 5.87. The minimum atomic E-state index is -2.88. The van der Waals surface area contributed by atoms with Gasteiger partial charge in [0, 0.05) is 12.6 Å². The highest BCUT2D eigenvalue weighted by molar-refractivity contribution is 7.91. The average molecular weight is 313 g/mol. The van der Waals surface area contributed by atoms with Crippen molar-refractivity contribution in [3.8, 4) is 5.75 Å². The first-order valence-electron chi connectivity index (χ1n) is 7.17. The Morgan fingerprint density at radius 1 is 1.33 bits per heavy atom. The lowest BCUT2D eigenvalue weighted by Crippen LogP contribution is -2.38. The third-order valence-corrected chi connectivity index (χ3v) is 5.28. The molecule has 0 amide bonds. The van der Waals surface area contributed by atoms with Gasteiger partial charge in [0.1, 0.15) is 18.5 Å². The van der Waals surface area contributed by atoms with Gasteiger partial charge >= 0.3 is 0 Å². The van der Waals surface area contributed by atoms with Crippen molar-refractivity contribution < 1.29 is 18.3 Å². The molecule has 1 heterocycles. The molecule has 2 N–H and O–H groups in total. The van der Waals surface area contributed by atoms with E-state index in [-0.39, 0.29) is 24.2 Å². The Bertz CT molecular complexity index is 565. The van der Waals surface area contributed by atoms with Crippen LogP contribution >= 0.6 is 0 Å². The normalized spacial score (nSPS) is 22.1. The van der Waals surface area contributed by atoms with Gasteiger partial charge in [-0.1, -0.05) is 6.07 Å². The Morgan fingerprint density at radius 2 is 2.00 bits per heavy atom. The van der Waals surface area contributed by atoms with E-state index in [0.29, 0.717) is 13.0 Å². The van der Waals surface area contributed by atoms with Gasteiger partial charge in [0.05, 0.1) is 11.5 Å². The first-order chi connectivity index (χ1) is 9.84. The van der Waals surface area contributed by atoms with Crippen molar-refractivity contribution in [2.45, 2.75) is 32.4 Å². The highest BCUT2D eigenvalue weighted by Gasteiger charge is 2.27. The number of nitrogens with one attached hydrogen (secondary N) is 1. The first kappa shape index (κ1) is 16.3. The van der Waals surface area contributed by atoms with Crippen LogP contribution in [-0.4, -0.2) is 50.3 Å². The molecule has 6 heteroatoms. The fraction of sp³-hybridized carbons (Fsp3) is 0.600. The summed E-state index contributed by atoms with van der Waals surface area (Å²) in [7, 11) is -2.88. The van der Waals surface area contributed by atoms with Crippen molar-refractivity contribution in [1.82, 2.24) is 5.32 Å². The van der Waals surface area contributed by atoms with E-state index in [2.05, 4.69) is 11.4 Å². The van der Waals surface area contributed by atoms with Crippen molar-refractivity contribution in [2.75, 3.05) is 24.7 Å². The molecule has 1 aromatic rings. The summed E-state index contributed by atoms with van der Waals surface area (Å²) in [6.07, 6.45) is -0.0402. The van der Waals surface area contributed by atoms with Crippen LogP contribution in [0.1, 0.15) is 17.5 Å². The second kappa shape index (κ2) is 6.77. The molecule has 1 aliphatic rings. The van der Waals surface area contributed by atoms with Gasteiger partial charge in [-0.05, 0) is 43.5 Å². The summed E-state index contributed by atoms with van der Waals surface area (Å²) in [5.74, 6) is 1.15. The topological polar surface area (TPSA) is 75.6 Å². The molecular weight excluding hydrogens is 290 g/mol. The van der Waals surface area contributed by atoms with E-state index in [1.54, 1.807) is 0 Å². The lowest BCUT2D eigenvalue weighted by Gasteiger charge is -2.16. The van der Waals surface area contributed by atoms with Gasteiger partial charge in [-0.25, -0.2) is 8.42 Å². The van der Waals surface area contributed by atoms with E-state index in [0.717, 1.165) is 16.9 Å². The number of hydrogen-bond donors (Lipinski definition) is 2. The molecule has 0 saturated carbocycles. The molecule has 0 spiro atoms. The van der Waals surface area contributed by atoms with Gasteiger partial charge in [-0.3, -0.25) is 0 Å². The van der Waals surface area contributed by atoms with Crippen LogP contribution in [-0.2, 0) is 9.84 Å². The predicted molar refractivity (Wildman–Crippen MR) is 82.5 cm³/mol. The lowest BCUT2D eigenvalue weighted by atomic mass is 10.1. The van der Waals surface area contributed by atoms with Gasteiger partial charge in [-0.15, -0.1) is 0 Å². The van der Waals surface area contributed by atoms with Gasteiger partial charge in [0.25, 0.3) is 0 Å². The highest BCUT2D eigenvalue weighted by atomic mass is 32.2. The molecular formula is C15H23NO4S. The molecule has 0 radical (unpaired) electrons. The van der Waals surface area contributed by atoms with Crippen molar-refractivity contribution in [3.05, 3.63) is 29.3 Å². The number of benzene rings is 1. The number of hydrogen-bond acceptors (Lipinski definition) is 5. The van der Waals surface area contributed by atoms with Crippen molar-refractivity contribution in [2.24, 2.45) is 0 Å². The van der Waals surface area contributed by atoms with Crippen molar-refractivity contribution in [1.29, 1.82) is 0 Å². The van der Waals surface area contributed by atoms with Crippen LogP contribution in [0.2, 0.25) is 0 Å². The quantitative estimate of drug-likeness (QED) is 0.813. The zero-order valence-electron chi connectivity index (χ0n) is 12.5. The maximum Gasteiger partial charge on any atom is 0.151 e. The lowest BCUT2D eigenvalue weighted by molar-refractivity contribution is 0.104. The van der Waals surface area contributed by atoms with E-state index in [1.807, 2.05) is 26.0 Å². The molecule has 2 rings (SSSR count). The standard InChI is InChI=1S/C15H23NO4S/c1-11-5-12(2)7-15(6-11)20-9-14(17)8-16-13-3-4-21(18,19)10-13/h5-7,13-14,16-17H,3-4,8-10H2,1-2H3. The number of aliphatic hydroxyl groups is 1. The summed E-state index contributed by atoms with van der Waals surface area (Å²) < 4.78 is 28.2. The summed E-state index contributed by atoms with van der Waals surface area (Å²) in [5.41, 5.74) is 2.24. The first-order valence-corrected chi connectivity index (χ1v) is 8.99. The summed E-state index contributed by atoms with van der Waals surface area (Å²) >= 11 is 0. The Morgan fingerprint density at radius 3 is 2.57 bits per heavy atom. The zero-order chi connectivity index (χ0) is 15.5. The highest BCUT2D eigenvalue weighted by Crippen LogP contribution is 2.16. The van der Waals surface area contributed by atoms with Crippen LogP contribution < -0.4 is 10.1 Å². The van der Waals surface area contributed by atoms with Crippen LogP contribution in [0.25, 0.3) is 0 Å². The maximum absolute atomic E-state index is 11.3. The molecule has 2 atom stereocenters. The minimum Gasteiger partial charge on any atom is -0.491 e. The molecule has 1 aromatic carbocycles. The van der Waals surface area contributed by atoms with Crippen LogP contribution in [0.4, 0.5) is 0 Å². The molecule has 0 bridgehead atoms. The molecule has 0 aliphatic carbocycles. The summed E-state index contributed by atoms with van der Waals surface area (Å²) in [6.45, 7) is 4.52. The van der Waals surface area contributed by atoms with Crippen LogP contribution in [0.3, 0.4) is 0 Å². The second-order valence-electron chi connectivity index (χ2n) is 5.80. The Hall–Kier alpha value is -1.11.